The van der Waals surface area contributed by atoms with Crippen molar-refractivity contribution in [2.45, 2.75) is 68.9 Å². The van der Waals surface area contributed by atoms with Crippen LogP contribution in [0.4, 0.5) is 0 Å². The molecular weight excluding hydrogens is 410 g/mol. The van der Waals surface area contributed by atoms with Crippen molar-refractivity contribution in [3.8, 4) is 0 Å². The monoisotopic (exact) mass is 439 g/mol. The van der Waals surface area contributed by atoms with Gasteiger partial charge >= 0.3 is 5.97 Å². The Hall–Kier alpha value is -0.950. The van der Waals surface area contributed by atoms with E-state index in [-0.39, 0.29) is 35.7 Å². The fraction of sp³-hybridized carbons (Fsp3) is 0.667. The number of halogens is 1. The topological polar surface area (TPSA) is 59.1 Å². The molecule has 7 atom stereocenters. The summed E-state index contributed by atoms with van der Waals surface area (Å²) in [6.45, 7) is 3.20. The molecule has 3 saturated heterocycles. The molecule has 1 N–H and O–H groups in total. The van der Waals surface area contributed by atoms with Gasteiger partial charge in [0.2, 0.25) is 0 Å². The Balaban J connectivity index is 0.00000210. The van der Waals surface area contributed by atoms with Gasteiger partial charge in [-0.3, -0.25) is 4.79 Å². The van der Waals surface area contributed by atoms with Crippen molar-refractivity contribution >= 4 is 5.97 Å². The van der Waals surface area contributed by atoms with E-state index in [2.05, 4.69) is 14.0 Å². The Bertz CT molecular complexity index is 637. The van der Waals surface area contributed by atoms with Crippen LogP contribution in [0, 0.1) is 0 Å². The van der Waals surface area contributed by atoms with Crippen molar-refractivity contribution in [1.29, 1.82) is 0 Å². The number of hydrogen-bond donors (Lipinski definition) is 1. The lowest BCUT2D eigenvalue weighted by Crippen LogP contribution is -3.00. The van der Waals surface area contributed by atoms with E-state index in [9.17, 15) is 9.90 Å². The molecule has 5 nitrogen and oxygen atoms in total. The molecule has 0 radical (unpaired) electrons. The molecule has 3 aliphatic rings. The van der Waals surface area contributed by atoms with Gasteiger partial charge < -0.3 is 36.0 Å². The minimum atomic E-state index is -0.595. The molecule has 3 unspecified atom stereocenters. The molecule has 3 aliphatic heterocycles. The minimum absolute atomic E-state index is 0. The Kier molecular flexibility index (Phi) is 6.31. The van der Waals surface area contributed by atoms with E-state index in [4.69, 9.17) is 9.47 Å². The Morgan fingerprint density at radius 3 is 2.44 bits per heavy atom. The first-order valence-corrected chi connectivity index (χ1v) is 9.95. The number of carbonyl (C=O) groups is 1. The number of benzene rings is 1. The summed E-state index contributed by atoms with van der Waals surface area (Å²) in [5.41, 5.74) is 0.813. The molecule has 0 spiro atoms. The molecule has 1 aromatic carbocycles. The number of rotatable bonds is 7. The molecule has 3 heterocycles. The second kappa shape index (κ2) is 8.19. The predicted molar refractivity (Wildman–Crippen MR) is 97.6 cm³/mol. The van der Waals surface area contributed by atoms with Gasteiger partial charge in [-0.1, -0.05) is 43.7 Å². The maximum absolute atomic E-state index is 12.7. The van der Waals surface area contributed by atoms with Gasteiger partial charge in [-0.25, -0.2) is 0 Å². The number of carbonyl (C=O) groups excluding carboxylic acids is 1. The van der Waals surface area contributed by atoms with E-state index in [1.807, 2.05) is 30.3 Å². The van der Waals surface area contributed by atoms with Gasteiger partial charge in [-0.2, -0.15) is 0 Å². The highest BCUT2D eigenvalue weighted by Crippen LogP contribution is 2.52. The van der Waals surface area contributed by atoms with Crippen LogP contribution in [0.5, 0.6) is 0 Å². The largest absolute Gasteiger partial charge is 1.00 e. The van der Waals surface area contributed by atoms with Gasteiger partial charge in [0.1, 0.15) is 36.3 Å². The second-order valence-electron chi connectivity index (χ2n) is 8.30. The molecule has 4 rings (SSSR count). The number of quaternary nitrogens is 1. The van der Waals surface area contributed by atoms with Crippen LogP contribution in [0.25, 0.3) is 0 Å². The number of hydrogen-bond acceptors (Lipinski definition) is 4. The van der Waals surface area contributed by atoms with Crippen molar-refractivity contribution < 1.29 is 40.8 Å². The molecule has 3 fully saturated rings. The quantitative estimate of drug-likeness (QED) is 0.344. The Morgan fingerprint density at radius 2 is 1.89 bits per heavy atom. The van der Waals surface area contributed by atoms with Crippen LogP contribution in [-0.2, 0) is 14.3 Å². The summed E-state index contributed by atoms with van der Waals surface area (Å²) >= 11 is 0. The average molecular weight is 440 g/mol. The molecule has 0 amide bonds. The summed E-state index contributed by atoms with van der Waals surface area (Å²) in [5, 5.41) is 9.70. The summed E-state index contributed by atoms with van der Waals surface area (Å²) in [4.78, 5) is 12.7. The van der Waals surface area contributed by atoms with E-state index in [1.165, 1.54) is 19.4 Å². The van der Waals surface area contributed by atoms with Gasteiger partial charge in [-0.15, -0.1) is 0 Å². The Morgan fingerprint density at radius 1 is 1.26 bits per heavy atom. The highest BCUT2D eigenvalue weighted by atomic mass is 79.9. The molecular formula is C21H30BrNO4. The summed E-state index contributed by atoms with van der Waals surface area (Å²) in [5.74, 6) is -0.898. The summed E-state index contributed by atoms with van der Waals surface area (Å²) in [6.07, 6.45) is 4.83. The van der Waals surface area contributed by atoms with Gasteiger partial charge in [0.15, 0.2) is 0 Å². The van der Waals surface area contributed by atoms with Crippen LogP contribution in [-0.4, -0.2) is 66.2 Å². The van der Waals surface area contributed by atoms with Crippen LogP contribution in [0.1, 0.15) is 44.1 Å². The number of epoxide rings is 1. The van der Waals surface area contributed by atoms with E-state index in [1.54, 1.807) is 0 Å². The lowest BCUT2D eigenvalue weighted by Gasteiger charge is -2.48. The van der Waals surface area contributed by atoms with E-state index in [0.29, 0.717) is 24.3 Å². The SMILES string of the molecule is CCCC[N+]1(C)C2C[C@@H](OC(=O)[C@H](CO)c3ccccc3)CC1[C@@H]1O[C@H]21.[Br-]. The third-order valence-electron chi connectivity index (χ3n) is 6.79. The molecule has 0 saturated carbocycles. The number of nitrogens with zero attached hydrogens (tertiary/aromatic N) is 1. The number of ether oxygens (including phenoxy) is 2. The molecule has 0 aliphatic carbocycles. The number of aliphatic hydroxyl groups excluding tert-OH is 1. The van der Waals surface area contributed by atoms with Gasteiger partial charge in [-0.05, 0) is 12.0 Å². The summed E-state index contributed by atoms with van der Waals surface area (Å²) in [6, 6.07) is 10.3. The molecule has 0 aromatic heterocycles. The van der Waals surface area contributed by atoms with E-state index >= 15 is 0 Å². The van der Waals surface area contributed by atoms with Crippen molar-refractivity contribution in [3.05, 3.63) is 35.9 Å². The number of esters is 1. The zero-order chi connectivity index (χ0) is 18.3. The minimum Gasteiger partial charge on any atom is -1.00 e. The molecule has 27 heavy (non-hydrogen) atoms. The third kappa shape index (κ3) is 3.69. The first kappa shape index (κ1) is 20.8. The van der Waals surface area contributed by atoms with Crippen molar-refractivity contribution in [2.24, 2.45) is 0 Å². The summed E-state index contributed by atoms with van der Waals surface area (Å²) in [7, 11) is 2.36. The van der Waals surface area contributed by atoms with Crippen LogP contribution in [0.15, 0.2) is 30.3 Å². The maximum atomic E-state index is 12.7. The Labute approximate surface area is 172 Å². The number of fused-ring (bicyclic) bond motifs is 5. The van der Waals surface area contributed by atoms with Crippen molar-refractivity contribution in [3.63, 3.8) is 0 Å². The van der Waals surface area contributed by atoms with E-state index < -0.39 is 5.92 Å². The van der Waals surface area contributed by atoms with Crippen LogP contribution in [0.2, 0.25) is 0 Å². The van der Waals surface area contributed by atoms with Crippen molar-refractivity contribution in [1.82, 2.24) is 0 Å². The van der Waals surface area contributed by atoms with Crippen molar-refractivity contribution in [2.75, 3.05) is 20.2 Å². The standard InChI is InChI=1S/C21H30NO4.BrH/c1-3-4-10-22(2)17-11-15(12-18(22)20-19(17)26-20)25-21(24)16(13-23)14-8-6-5-7-9-14;/h5-9,15-20,23H,3-4,10-13H2,1-2H3;1H/q+1;/p-1/t15-,16-,17?,18?,19-,20+,22?;/m1./s1. The zero-order valence-electron chi connectivity index (χ0n) is 16.1. The molecule has 2 bridgehead atoms. The van der Waals surface area contributed by atoms with Crippen LogP contribution >= 0.6 is 0 Å². The first-order valence-electron chi connectivity index (χ1n) is 9.95. The fourth-order valence-electron chi connectivity index (χ4n) is 5.23. The fourth-order valence-corrected chi connectivity index (χ4v) is 5.23. The zero-order valence-corrected chi connectivity index (χ0v) is 17.7. The maximum Gasteiger partial charge on any atom is 0.316 e. The lowest BCUT2D eigenvalue weighted by atomic mass is 9.94. The van der Waals surface area contributed by atoms with Crippen LogP contribution in [0.3, 0.4) is 0 Å². The normalized spacial score (nSPS) is 37.1. The summed E-state index contributed by atoms with van der Waals surface area (Å²) < 4.78 is 12.9. The number of piperidine rings is 1. The number of unbranched alkanes of at least 4 members (excludes halogenated alkanes) is 1. The molecule has 150 valence electrons. The average Bonchev–Trinajstić information content (AvgIpc) is 3.40. The number of morpholine rings is 1. The highest BCUT2D eigenvalue weighted by Gasteiger charge is 2.71. The molecule has 1 aromatic rings. The highest BCUT2D eigenvalue weighted by molar-refractivity contribution is 5.78. The second-order valence-corrected chi connectivity index (χ2v) is 8.30. The predicted octanol–water partition coefficient (Wildman–Crippen LogP) is -0.763. The van der Waals surface area contributed by atoms with Gasteiger partial charge in [0.05, 0.1) is 20.2 Å². The van der Waals surface area contributed by atoms with Gasteiger partial charge in [0.25, 0.3) is 0 Å². The number of likely N-dealkylation sites (N-methyl/N-ethyl adjacent to an activating group) is 1. The smallest absolute Gasteiger partial charge is 0.316 e. The van der Waals surface area contributed by atoms with E-state index in [0.717, 1.165) is 22.9 Å². The third-order valence-corrected chi connectivity index (χ3v) is 6.79. The first-order chi connectivity index (χ1) is 12.6. The van der Waals surface area contributed by atoms with Crippen LogP contribution < -0.4 is 17.0 Å². The number of aliphatic hydroxyl groups is 1. The van der Waals surface area contributed by atoms with Gasteiger partial charge in [0, 0.05) is 12.8 Å². The molecule has 6 heteroatoms. The lowest BCUT2D eigenvalue weighted by molar-refractivity contribution is -0.956.